The molecule has 120 valence electrons. The summed E-state index contributed by atoms with van der Waals surface area (Å²) in [6.07, 6.45) is 2.56. The molecule has 1 heterocycles. The van der Waals surface area contributed by atoms with E-state index < -0.39 is 11.2 Å². The van der Waals surface area contributed by atoms with Crippen molar-refractivity contribution in [3.05, 3.63) is 20.8 Å². The second-order valence-electron chi connectivity index (χ2n) is 5.10. The molecule has 0 aliphatic carbocycles. The van der Waals surface area contributed by atoms with Crippen molar-refractivity contribution in [3.8, 4) is 0 Å². The highest BCUT2D eigenvalue weighted by atomic mass is 16.3. The third kappa shape index (κ3) is 3.66. The molecule has 1 rings (SSSR count). The van der Waals surface area contributed by atoms with E-state index in [1.165, 1.54) is 11.6 Å². The summed E-state index contributed by atoms with van der Waals surface area (Å²) in [4.78, 5) is 26.3. The molecule has 0 saturated heterocycles. The van der Waals surface area contributed by atoms with Gasteiger partial charge in [-0.1, -0.05) is 20.3 Å². The van der Waals surface area contributed by atoms with Gasteiger partial charge in [-0.3, -0.25) is 13.9 Å². The lowest BCUT2D eigenvalue weighted by molar-refractivity contribution is 0.301. The highest BCUT2D eigenvalue weighted by Crippen LogP contribution is 2.17. The van der Waals surface area contributed by atoms with E-state index in [0.29, 0.717) is 25.3 Å². The number of hydrogen-bond donors (Lipinski definition) is 2. The number of nitrogens with zero attached hydrogens (tertiary/aromatic N) is 3. The summed E-state index contributed by atoms with van der Waals surface area (Å²) in [5.74, 6) is 0.193. The first-order valence-corrected chi connectivity index (χ1v) is 7.44. The molecule has 0 radical (unpaired) electrons. The summed E-state index contributed by atoms with van der Waals surface area (Å²) in [6.45, 7) is 5.35. The highest BCUT2D eigenvalue weighted by molar-refractivity contribution is 5.62. The summed E-state index contributed by atoms with van der Waals surface area (Å²) in [7, 11) is 1.46. The zero-order valence-electron chi connectivity index (χ0n) is 13.1. The first-order chi connectivity index (χ1) is 9.99. The Kier molecular flexibility index (Phi) is 6.48. The van der Waals surface area contributed by atoms with Crippen molar-refractivity contribution in [2.24, 2.45) is 7.05 Å². The van der Waals surface area contributed by atoms with Crippen LogP contribution >= 0.6 is 0 Å². The quantitative estimate of drug-likeness (QED) is 0.712. The van der Waals surface area contributed by atoms with E-state index in [2.05, 4.69) is 0 Å². The van der Waals surface area contributed by atoms with Crippen LogP contribution in [0.3, 0.4) is 0 Å². The molecule has 1 aromatic heterocycles. The van der Waals surface area contributed by atoms with Crippen LogP contribution in [0, 0.1) is 0 Å². The van der Waals surface area contributed by atoms with Crippen LogP contribution in [-0.4, -0.2) is 33.9 Å². The van der Waals surface area contributed by atoms with E-state index in [4.69, 9.17) is 5.73 Å². The van der Waals surface area contributed by atoms with E-state index in [-0.39, 0.29) is 12.4 Å². The average Bonchev–Trinajstić information content (AvgIpc) is 2.46. The van der Waals surface area contributed by atoms with Gasteiger partial charge < -0.3 is 15.7 Å². The molecule has 7 nitrogen and oxygen atoms in total. The van der Waals surface area contributed by atoms with Crippen molar-refractivity contribution in [2.45, 2.75) is 39.7 Å². The predicted molar refractivity (Wildman–Crippen MR) is 84.9 cm³/mol. The molecule has 0 saturated carbocycles. The highest BCUT2D eigenvalue weighted by Gasteiger charge is 2.19. The maximum absolute atomic E-state index is 12.4. The Hall–Kier alpha value is -1.76. The van der Waals surface area contributed by atoms with Crippen LogP contribution in [0.1, 0.15) is 33.1 Å². The summed E-state index contributed by atoms with van der Waals surface area (Å²) in [5.41, 5.74) is 5.59. The smallest absolute Gasteiger partial charge is 0.332 e. The van der Waals surface area contributed by atoms with Crippen LogP contribution in [0.15, 0.2) is 9.59 Å². The van der Waals surface area contributed by atoms with Gasteiger partial charge in [-0.25, -0.2) is 4.79 Å². The summed E-state index contributed by atoms with van der Waals surface area (Å²) < 4.78 is 2.53. The zero-order chi connectivity index (χ0) is 16.0. The van der Waals surface area contributed by atoms with Gasteiger partial charge in [0.15, 0.2) is 0 Å². The monoisotopic (exact) mass is 298 g/mol. The SMILES string of the molecule is CCCCn1c(N)c(N(CCC)CCO)c(=O)n(C)c1=O. The molecule has 0 aliphatic rings. The number of aliphatic hydroxyl groups is 1. The molecule has 0 spiro atoms. The minimum Gasteiger partial charge on any atom is -0.395 e. The van der Waals surface area contributed by atoms with Gasteiger partial charge in [-0.15, -0.1) is 0 Å². The van der Waals surface area contributed by atoms with E-state index in [9.17, 15) is 14.7 Å². The average molecular weight is 298 g/mol. The molecule has 0 aromatic carbocycles. The van der Waals surface area contributed by atoms with E-state index in [0.717, 1.165) is 23.8 Å². The normalized spacial score (nSPS) is 10.9. The fourth-order valence-corrected chi connectivity index (χ4v) is 2.32. The van der Waals surface area contributed by atoms with Gasteiger partial charge in [0.25, 0.3) is 5.56 Å². The molecular formula is C14H26N4O3. The topological polar surface area (TPSA) is 93.5 Å². The number of aliphatic hydroxyl groups excluding tert-OH is 1. The molecule has 0 atom stereocenters. The van der Waals surface area contributed by atoms with E-state index in [1.807, 2.05) is 13.8 Å². The Morgan fingerprint density at radius 1 is 1.19 bits per heavy atom. The number of nitrogen functional groups attached to an aromatic ring is 1. The van der Waals surface area contributed by atoms with Crippen molar-refractivity contribution < 1.29 is 5.11 Å². The lowest BCUT2D eigenvalue weighted by atomic mass is 10.3. The first kappa shape index (κ1) is 17.3. The maximum Gasteiger partial charge on any atom is 0.332 e. The van der Waals surface area contributed by atoms with Crippen LogP contribution in [0.25, 0.3) is 0 Å². The summed E-state index contributed by atoms with van der Waals surface area (Å²) in [5, 5.41) is 9.18. The first-order valence-electron chi connectivity index (χ1n) is 7.44. The number of aromatic nitrogens is 2. The van der Waals surface area contributed by atoms with Crippen molar-refractivity contribution in [1.29, 1.82) is 0 Å². The Balaban J connectivity index is 3.46. The van der Waals surface area contributed by atoms with Gasteiger partial charge >= 0.3 is 5.69 Å². The fraction of sp³-hybridized carbons (Fsp3) is 0.714. The van der Waals surface area contributed by atoms with Gasteiger partial charge in [0.1, 0.15) is 11.5 Å². The van der Waals surface area contributed by atoms with Crippen molar-refractivity contribution in [1.82, 2.24) is 9.13 Å². The zero-order valence-corrected chi connectivity index (χ0v) is 13.1. The third-order valence-corrected chi connectivity index (χ3v) is 3.47. The second-order valence-corrected chi connectivity index (χ2v) is 5.10. The largest absolute Gasteiger partial charge is 0.395 e. The Morgan fingerprint density at radius 3 is 2.38 bits per heavy atom. The molecule has 1 aromatic rings. The van der Waals surface area contributed by atoms with E-state index in [1.54, 1.807) is 4.90 Å². The number of anilines is 2. The fourth-order valence-electron chi connectivity index (χ4n) is 2.32. The van der Waals surface area contributed by atoms with Crippen LogP contribution < -0.4 is 21.9 Å². The summed E-state index contributed by atoms with van der Waals surface area (Å²) in [6, 6.07) is 0. The Bertz CT molecular complexity index is 571. The van der Waals surface area contributed by atoms with Gasteiger partial charge in [-0.2, -0.15) is 0 Å². The predicted octanol–water partition coefficient (Wildman–Crippen LogP) is 0.138. The van der Waals surface area contributed by atoms with Crippen LogP contribution in [-0.2, 0) is 13.6 Å². The molecule has 21 heavy (non-hydrogen) atoms. The third-order valence-electron chi connectivity index (χ3n) is 3.47. The van der Waals surface area contributed by atoms with Crippen LogP contribution in [0.2, 0.25) is 0 Å². The van der Waals surface area contributed by atoms with Gasteiger partial charge in [0.05, 0.1) is 6.61 Å². The minimum atomic E-state index is -0.410. The Morgan fingerprint density at radius 2 is 1.86 bits per heavy atom. The van der Waals surface area contributed by atoms with Crippen LogP contribution in [0.4, 0.5) is 11.5 Å². The molecule has 7 heteroatoms. The lowest BCUT2D eigenvalue weighted by Crippen LogP contribution is -2.44. The van der Waals surface area contributed by atoms with Gasteiger partial charge in [0.2, 0.25) is 0 Å². The molecule has 0 fully saturated rings. The number of hydrogen-bond acceptors (Lipinski definition) is 5. The summed E-state index contributed by atoms with van der Waals surface area (Å²) >= 11 is 0. The van der Waals surface area contributed by atoms with Crippen molar-refractivity contribution in [3.63, 3.8) is 0 Å². The van der Waals surface area contributed by atoms with Gasteiger partial charge in [-0.05, 0) is 12.8 Å². The number of unbranched alkanes of at least 4 members (excludes halogenated alkanes) is 1. The molecule has 0 aliphatic heterocycles. The van der Waals surface area contributed by atoms with Crippen molar-refractivity contribution >= 4 is 11.5 Å². The lowest BCUT2D eigenvalue weighted by Gasteiger charge is -2.26. The standard InChI is InChI=1S/C14H26N4O3/c1-4-6-8-18-12(15)11(13(20)16(3)14(18)21)17(7-5-2)9-10-19/h19H,4-10,15H2,1-3H3. The molecule has 3 N–H and O–H groups in total. The minimum absolute atomic E-state index is 0.0727. The van der Waals surface area contributed by atoms with Crippen LogP contribution in [0.5, 0.6) is 0 Å². The Labute approximate surface area is 124 Å². The molecular weight excluding hydrogens is 272 g/mol. The number of nitrogens with two attached hydrogens (primary N) is 1. The number of rotatable bonds is 8. The molecule has 0 unspecified atom stereocenters. The van der Waals surface area contributed by atoms with Gasteiger partial charge in [0, 0.05) is 26.7 Å². The second kappa shape index (κ2) is 7.87. The van der Waals surface area contributed by atoms with Crippen molar-refractivity contribution in [2.75, 3.05) is 30.3 Å². The maximum atomic E-state index is 12.4. The van der Waals surface area contributed by atoms with E-state index >= 15 is 0 Å². The molecule has 0 amide bonds. The molecule has 0 bridgehead atoms.